The van der Waals surface area contributed by atoms with Gasteiger partial charge in [-0.2, -0.15) is 22.0 Å². The summed E-state index contributed by atoms with van der Waals surface area (Å²) >= 11 is 0. The van der Waals surface area contributed by atoms with Gasteiger partial charge < -0.3 is 0 Å². The van der Waals surface area contributed by atoms with Gasteiger partial charge in [0.1, 0.15) is 6.20 Å². The smallest absolute Gasteiger partial charge is 0.259 e. The molecule has 1 aromatic rings. The lowest BCUT2D eigenvalue weighted by molar-refractivity contribution is -0.148. The molecule has 0 aliphatic rings. The largest absolute Gasteiger partial charge is 0.433 e. The number of hydrogen-bond donors (Lipinski definition) is 0. The van der Waals surface area contributed by atoms with Crippen LogP contribution >= 0.6 is 0 Å². The minimum Gasteiger partial charge on any atom is -0.259 e. The van der Waals surface area contributed by atoms with Crippen LogP contribution < -0.4 is 0 Å². The van der Waals surface area contributed by atoms with Gasteiger partial charge in [-0.05, 0) is 0 Å². The number of rotatable bonds is 1. The SMILES string of the molecule is FC(F)n1[c]n[c]c1C(F)(F)F. The molecule has 0 aliphatic carbocycles. The molecule has 2 nitrogen and oxygen atoms in total. The van der Waals surface area contributed by atoms with Crippen LogP contribution in [0.1, 0.15) is 12.2 Å². The number of halogens is 5. The predicted molar refractivity (Wildman–Crippen MR) is 26.2 cm³/mol. The van der Waals surface area contributed by atoms with Crippen LogP contribution in [0.15, 0.2) is 0 Å². The molecule has 1 aromatic heterocycles. The van der Waals surface area contributed by atoms with Crippen molar-refractivity contribution in [3.8, 4) is 0 Å². The Morgan fingerprint density at radius 2 is 1.92 bits per heavy atom. The predicted octanol–water partition coefficient (Wildman–Crippen LogP) is 1.90. The van der Waals surface area contributed by atoms with E-state index in [0.717, 1.165) is 0 Å². The zero-order chi connectivity index (χ0) is 9.35. The molecule has 0 atom stereocenters. The number of hydrogen-bond acceptors (Lipinski definition) is 1. The average molecular weight is 184 g/mol. The molecule has 66 valence electrons. The first-order chi connectivity index (χ1) is 5.43. The minimum absolute atomic E-state index is 0.417. The lowest BCUT2D eigenvalue weighted by Gasteiger charge is -2.07. The Bertz CT molecular complexity index is 263. The van der Waals surface area contributed by atoms with Crippen LogP contribution in [-0.4, -0.2) is 9.55 Å². The summed E-state index contributed by atoms with van der Waals surface area (Å²) < 4.78 is 58.5. The first-order valence-electron chi connectivity index (χ1n) is 2.66. The fourth-order valence-corrected chi connectivity index (χ4v) is 0.577. The van der Waals surface area contributed by atoms with E-state index in [0.29, 0.717) is 0 Å². The molecule has 0 fully saturated rings. The summed E-state index contributed by atoms with van der Waals surface area (Å²) in [5.41, 5.74) is -1.63. The molecule has 0 N–H and O–H groups in total. The Morgan fingerprint density at radius 3 is 2.25 bits per heavy atom. The molecule has 7 heteroatoms. The Labute approximate surface area is 63.6 Å². The summed E-state index contributed by atoms with van der Waals surface area (Å²) in [5.74, 6) is 0. The van der Waals surface area contributed by atoms with Crippen molar-refractivity contribution in [2.45, 2.75) is 12.7 Å². The Hall–Kier alpha value is -1.14. The van der Waals surface area contributed by atoms with E-state index in [-0.39, 0.29) is 0 Å². The molecular formula is C5HF5N2. The van der Waals surface area contributed by atoms with E-state index in [4.69, 9.17) is 0 Å². The highest BCUT2D eigenvalue weighted by Crippen LogP contribution is 2.30. The highest BCUT2D eigenvalue weighted by atomic mass is 19.4. The standard InChI is InChI=1S/C5HF5N2/c6-4(7)12-2-11-1-3(12)5(8,9)10/h4H. The van der Waals surface area contributed by atoms with Gasteiger partial charge in [-0.1, -0.05) is 0 Å². The molecule has 0 bridgehead atoms. The summed E-state index contributed by atoms with van der Waals surface area (Å²) in [4.78, 5) is 2.72. The van der Waals surface area contributed by atoms with E-state index < -0.39 is 23.0 Å². The molecule has 0 unspecified atom stereocenters. The molecule has 2 radical (unpaired) electrons. The maximum atomic E-state index is 11.8. The van der Waals surface area contributed by atoms with Gasteiger partial charge in [0.05, 0.1) is 0 Å². The van der Waals surface area contributed by atoms with E-state index in [2.05, 4.69) is 4.98 Å². The van der Waals surface area contributed by atoms with Crippen molar-refractivity contribution < 1.29 is 22.0 Å². The van der Waals surface area contributed by atoms with Crippen molar-refractivity contribution >= 4 is 0 Å². The Kier molecular flexibility index (Phi) is 2.03. The third-order valence-corrected chi connectivity index (χ3v) is 1.02. The second-order valence-electron chi connectivity index (χ2n) is 1.82. The van der Waals surface area contributed by atoms with Crippen LogP contribution in [-0.2, 0) is 6.18 Å². The maximum Gasteiger partial charge on any atom is 0.433 e. The van der Waals surface area contributed by atoms with E-state index in [9.17, 15) is 22.0 Å². The molecule has 1 heterocycles. The second-order valence-corrected chi connectivity index (χ2v) is 1.82. The van der Waals surface area contributed by atoms with Crippen molar-refractivity contribution in [3.63, 3.8) is 0 Å². The number of aromatic nitrogens is 2. The topological polar surface area (TPSA) is 17.8 Å². The first kappa shape index (κ1) is 8.95. The van der Waals surface area contributed by atoms with Crippen molar-refractivity contribution in [1.82, 2.24) is 9.55 Å². The molecular weight excluding hydrogens is 183 g/mol. The van der Waals surface area contributed by atoms with Crippen LogP contribution in [0, 0.1) is 12.5 Å². The van der Waals surface area contributed by atoms with E-state index in [1.54, 1.807) is 0 Å². The summed E-state index contributed by atoms with van der Waals surface area (Å²) in [6.45, 7) is -3.31. The van der Waals surface area contributed by atoms with Crippen molar-refractivity contribution in [1.29, 1.82) is 0 Å². The van der Waals surface area contributed by atoms with E-state index >= 15 is 0 Å². The molecule has 0 aromatic carbocycles. The quantitative estimate of drug-likeness (QED) is 0.609. The number of nitrogens with zero attached hydrogens (tertiary/aromatic N) is 2. The number of imidazole rings is 1. The van der Waals surface area contributed by atoms with Crippen molar-refractivity contribution in [2.24, 2.45) is 0 Å². The van der Waals surface area contributed by atoms with Gasteiger partial charge in [0, 0.05) is 0 Å². The Morgan fingerprint density at radius 1 is 1.33 bits per heavy atom. The lowest BCUT2D eigenvalue weighted by Crippen LogP contribution is -2.13. The van der Waals surface area contributed by atoms with Gasteiger partial charge in [-0.15, -0.1) is 0 Å². The number of alkyl halides is 5. The van der Waals surface area contributed by atoms with Gasteiger partial charge in [0.2, 0.25) is 0 Å². The van der Waals surface area contributed by atoms with E-state index in [1.165, 1.54) is 12.5 Å². The van der Waals surface area contributed by atoms with Gasteiger partial charge in [0.15, 0.2) is 12.0 Å². The molecule has 0 saturated carbocycles. The first-order valence-corrected chi connectivity index (χ1v) is 2.66. The lowest BCUT2D eigenvalue weighted by atomic mass is 10.4. The highest BCUT2D eigenvalue weighted by molar-refractivity contribution is 5.00. The molecule has 12 heavy (non-hydrogen) atoms. The van der Waals surface area contributed by atoms with Crippen LogP contribution in [0.25, 0.3) is 0 Å². The second kappa shape index (κ2) is 2.72. The van der Waals surface area contributed by atoms with Gasteiger partial charge in [0.25, 0.3) is 0 Å². The average Bonchev–Trinajstić information content (AvgIpc) is 2.30. The molecule has 1 rings (SSSR count). The van der Waals surface area contributed by atoms with E-state index in [1.807, 2.05) is 0 Å². The zero-order valence-corrected chi connectivity index (χ0v) is 5.36. The molecule has 0 amide bonds. The molecule has 0 saturated heterocycles. The summed E-state index contributed by atoms with van der Waals surface area (Å²) in [5, 5.41) is 0. The third-order valence-electron chi connectivity index (χ3n) is 1.02. The van der Waals surface area contributed by atoms with Gasteiger partial charge >= 0.3 is 12.7 Å². The molecule has 0 aliphatic heterocycles. The fraction of sp³-hybridized carbons (Fsp3) is 0.400. The maximum absolute atomic E-state index is 11.8. The van der Waals surface area contributed by atoms with Crippen LogP contribution in [0.3, 0.4) is 0 Å². The van der Waals surface area contributed by atoms with Crippen LogP contribution in [0.5, 0.6) is 0 Å². The Balaban J connectivity index is 3.08. The third kappa shape index (κ3) is 1.54. The summed E-state index contributed by atoms with van der Waals surface area (Å²) in [7, 11) is 0. The zero-order valence-electron chi connectivity index (χ0n) is 5.36. The van der Waals surface area contributed by atoms with Crippen LogP contribution in [0.2, 0.25) is 0 Å². The minimum atomic E-state index is -4.87. The van der Waals surface area contributed by atoms with Gasteiger partial charge in [-0.25, -0.2) is 4.98 Å². The summed E-state index contributed by atoms with van der Waals surface area (Å²) in [6.07, 6.45) is -2.04. The van der Waals surface area contributed by atoms with Gasteiger partial charge in [-0.3, -0.25) is 4.57 Å². The van der Waals surface area contributed by atoms with Crippen molar-refractivity contribution in [2.75, 3.05) is 0 Å². The van der Waals surface area contributed by atoms with Crippen molar-refractivity contribution in [3.05, 3.63) is 18.2 Å². The normalized spacial score (nSPS) is 12.5. The highest BCUT2D eigenvalue weighted by Gasteiger charge is 2.37. The van der Waals surface area contributed by atoms with Crippen LogP contribution in [0.4, 0.5) is 22.0 Å². The monoisotopic (exact) mass is 184 g/mol. The molecule has 0 spiro atoms. The summed E-state index contributed by atoms with van der Waals surface area (Å²) in [6, 6.07) is 0. The fourth-order valence-electron chi connectivity index (χ4n) is 0.577.